The predicted octanol–water partition coefficient (Wildman–Crippen LogP) is 5.15. The molecule has 1 fully saturated rings. The number of benzene rings is 2. The van der Waals surface area contributed by atoms with E-state index in [1.54, 1.807) is 19.1 Å². The summed E-state index contributed by atoms with van der Waals surface area (Å²) in [6.45, 7) is 1.16. The lowest BCUT2D eigenvalue weighted by molar-refractivity contribution is 0.0925. The van der Waals surface area contributed by atoms with Crippen LogP contribution in [0.2, 0.25) is 0 Å². The summed E-state index contributed by atoms with van der Waals surface area (Å²) in [5.41, 5.74) is 3.26. The number of nitrogens with one attached hydrogen (secondary N) is 2. The fraction of sp³-hybridized carbons (Fsp3) is 0.385. The average molecular weight is 472 g/mol. The van der Waals surface area contributed by atoms with Crippen molar-refractivity contribution in [3.05, 3.63) is 81.3 Å². The minimum absolute atomic E-state index is 0.145. The molecule has 0 saturated heterocycles. The normalized spacial score (nSPS) is 14.6. The Labute approximate surface area is 195 Å². The van der Waals surface area contributed by atoms with Crippen LogP contribution in [0.1, 0.15) is 59.8 Å². The summed E-state index contributed by atoms with van der Waals surface area (Å²) >= 11 is 0. The Bertz CT molecular complexity index is 1250. The number of hydrogen-bond acceptors (Lipinski definition) is 3. The van der Waals surface area contributed by atoms with Crippen molar-refractivity contribution in [1.82, 2.24) is 9.99 Å². The molecule has 1 aliphatic carbocycles. The van der Waals surface area contributed by atoms with Crippen LogP contribution in [0, 0.1) is 24.5 Å². The number of fused-ring (bicyclic) bond motifs is 1. The Morgan fingerprint density at radius 2 is 1.94 bits per heavy atom. The van der Waals surface area contributed by atoms with Gasteiger partial charge in [-0.3, -0.25) is 14.0 Å². The van der Waals surface area contributed by atoms with E-state index in [-0.39, 0.29) is 35.1 Å². The highest BCUT2D eigenvalue weighted by Crippen LogP contribution is 2.35. The maximum Gasteiger partial charge on any atom is 0.279 e. The molecule has 5 nitrogen and oxygen atoms in total. The zero-order valence-electron chi connectivity index (χ0n) is 19.0. The summed E-state index contributed by atoms with van der Waals surface area (Å²) < 4.78 is 42.4. The Kier molecular flexibility index (Phi) is 7.24. The van der Waals surface area contributed by atoms with Gasteiger partial charge in [0.25, 0.3) is 11.5 Å². The lowest BCUT2D eigenvalue weighted by atomic mass is 9.79. The number of aromatic nitrogens is 1. The van der Waals surface area contributed by atoms with Gasteiger partial charge in [0.1, 0.15) is 11.6 Å². The van der Waals surface area contributed by atoms with E-state index in [0.29, 0.717) is 23.6 Å². The molecule has 3 aromatic rings. The second-order valence-electron chi connectivity index (χ2n) is 8.83. The molecule has 1 saturated carbocycles. The van der Waals surface area contributed by atoms with Crippen LogP contribution in [0.3, 0.4) is 0 Å². The fourth-order valence-corrected chi connectivity index (χ4v) is 4.55. The zero-order valence-corrected chi connectivity index (χ0v) is 19.0. The van der Waals surface area contributed by atoms with Crippen molar-refractivity contribution < 1.29 is 18.0 Å². The summed E-state index contributed by atoms with van der Waals surface area (Å²) in [4.78, 5) is 26.6. The van der Waals surface area contributed by atoms with Crippen LogP contribution >= 0.6 is 0 Å². The van der Waals surface area contributed by atoms with E-state index in [2.05, 4.69) is 10.7 Å². The third-order valence-electron chi connectivity index (χ3n) is 6.55. The van der Waals surface area contributed by atoms with E-state index >= 15 is 0 Å². The summed E-state index contributed by atoms with van der Waals surface area (Å²) in [6, 6.07) is 9.87. The maximum atomic E-state index is 14.7. The SMILES string of the molecule is Cc1c(C(=O)NC(CC2CCC2)c2cccc(F)c2)c2cccc(F)c2c(=O)n1NCCCF. The van der Waals surface area contributed by atoms with Gasteiger partial charge in [-0.15, -0.1) is 0 Å². The molecule has 0 bridgehead atoms. The molecule has 8 heteroatoms. The number of carbonyl (C=O) groups excluding carboxylic acids is 1. The molecule has 180 valence electrons. The van der Waals surface area contributed by atoms with Crippen LogP contribution < -0.4 is 16.3 Å². The van der Waals surface area contributed by atoms with Crippen LogP contribution in [0.4, 0.5) is 13.2 Å². The van der Waals surface area contributed by atoms with Crippen LogP contribution in [0.15, 0.2) is 47.3 Å². The van der Waals surface area contributed by atoms with Crippen LogP contribution in [-0.2, 0) is 0 Å². The Balaban J connectivity index is 1.76. The first kappa shape index (κ1) is 23.9. The minimum Gasteiger partial charge on any atom is -0.345 e. The van der Waals surface area contributed by atoms with Gasteiger partial charge < -0.3 is 10.7 Å². The number of carbonyl (C=O) groups is 1. The van der Waals surface area contributed by atoms with Gasteiger partial charge in [-0.2, -0.15) is 0 Å². The molecule has 1 atom stereocenters. The van der Waals surface area contributed by atoms with Crippen molar-refractivity contribution in [1.29, 1.82) is 0 Å². The van der Waals surface area contributed by atoms with Crippen molar-refractivity contribution in [3.63, 3.8) is 0 Å². The van der Waals surface area contributed by atoms with Crippen LogP contribution in [0.25, 0.3) is 10.8 Å². The first-order valence-electron chi connectivity index (χ1n) is 11.6. The van der Waals surface area contributed by atoms with Crippen molar-refractivity contribution >= 4 is 16.7 Å². The van der Waals surface area contributed by atoms with Gasteiger partial charge in [0.05, 0.1) is 29.4 Å². The summed E-state index contributed by atoms with van der Waals surface area (Å²) in [5, 5.41) is 2.99. The van der Waals surface area contributed by atoms with Crippen molar-refractivity contribution in [2.45, 2.75) is 45.1 Å². The first-order valence-corrected chi connectivity index (χ1v) is 11.6. The molecule has 1 aliphatic rings. The fourth-order valence-electron chi connectivity index (χ4n) is 4.55. The molecule has 0 radical (unpaired) electrons. The molecule has 4 rings (SSSR count). The molecular formula is C26H28F3N3O2. The number of amides is 1. The number of halogens is 3. The van der Waals surface area contributed by atoms with Crippen molar-refractivity contribution in [2.75, 3.05) is 18.6 Å². The second-order valence-corrected chi connectivity index (χ2v) is 8.83. The number of hydrogen-bond donors (Lipinski definition) is 2. The van der Waals surface area contributed by atoms with E-state index in [1.165, 1.54) is 30.3 Å². The maximum absolute atomic E-state index is 14.7. The van der Waals surface area contributed by atoms with Crippen LogP contribution in [-0.4, -0.2) is 23.8 Å². The topological polar surface area (TPSA) is 63.1 Å². The quantitative estimate of drug-likeness (QED) is 0.424. The smallest absolute Gasteiger partial charge is 0.279 e. The lowest BCUT2D eigenvalue weighted by Gasteiger charge is -2.31. The molecule has 0 aliphatic heterocycles. The van der Waals surface area contributed by atoms with Gasteiger partial charge in [-0.05, 0) is 49.4 Å². The van der Waals surface area contributed by atoms with Gasteiger partial charge in [0.15, 0.2) is 0 Å². The Hall–Kier alpha value is -3.29. The highest BCUT2D eigenvalue weighted by Gasteiger charge is 2.27. The van der Waals surface area contributed by atoms with Gasteiger partial charge in [-0.1, -0.05) is 43.5 Å². The molecule has 2 N–H and O–H groups in total. The van der Waals surface area contributed by atoms with E-state index in [1.807, 2.05) is 0 Å². The molecule has 1 amide bonds. The number of nitrogens with zero attached hydrogens (tertiary/aromatic N) is 1. The van der Waals surface area contributed by atoms with E-state index in [9.17, 15) is 22.8 Å². The monoisotopic (exact) mass is 471 g/mol. The summed E-state index contributed by atoms with van der Waals surface area (Å²) in [6.07, 6.45) is 4.06. The first-order chi connectivity index (χ1) is 16.4. The van der Waals surface area contributed by atoms with Gasteiger partial charge >= 0.3 is 0 Å². The summed E-state index contributed by atoms with van der Waals surface area (Å²) in [5.74, 6) is -1.18. The highest BCUT2D eigenvalue weighted by atomic mass is 19.1. The third kappa shape index (κ3) is 4.81. The predicted molar refractivity (Wildman–Crippen MR) is 126 cm³/mol. The minimum atomic E-state index is -0.742. The number of alkyl halides is 1. The van der Waals surface area contributed by atoms with Gasteiger partial charge in [-0.25, -0.2) is 13.5 Å². The lowest BCUT2D eigenvalue weighted by Crippen LogP contribution is -2.37. The van der Waals surface area contributed by atoms with Gasteiger partial charge in [0, 0.05) is 11.9 Å². The van der Waals surface area contributed by atoms with E-state index < -0.39 is 30.0 Å². The molecule has 1 aromatic heterocycles. The number of pyridine rings is 1. The zero-order chi connectivity index (χ0) is 24.2. The standard InChI is InChI=1S/C26H28F3N3O2/c1-16-23(20-10-4-11-21(29)24(20)26(34)32(16)30-13-5-12-27)25(33)31-22(14-17-6-2-7-17)18-8-3-9-19(28)15-18/h3-4,8-11,15,17,22,30H,2,5-7,12-14H2,1H3,(H,31,33). The molecule has 34 heavy (non-hydrogen) atoms. The molecule has 1 unspecified atom stereocenters. The Morgan fingerprint density at radius 3 is 2.62 bits per heavy atom. The largest absolute Gasteiger partial charge is 0.345 e. The van der Waals surface area contributed by atoms with Gasteiger partial charge in [0.2, 0.25) is 0 Å². The van der Waals surface area contributed by atoms with Crippen LogP contribution in [0.5, 0.6) is 0 Å². The molecule has 0 spiro atoms. The second kappa shape index (κ2) is 10.3. The molecule has 1 heterocycles. The Morgan fingerprint density at radius 1 is 1.18 bits per heavy atom. The van der Waals surface area contributed by atoms with Crippen molar-refractivity contribution in [3.8, 4) is 0 Å². The average Bonchev–Trinajstić information content (AvgIpc) is 2.77. The number of rotatable bonds is 9. The van der Waals surface area contributed by atoms with E-state index in [4.69, 9.17) is 0 Å². The molecular weight excluding hydrogens is 443 g/mol. The summed E-state index contributed by atoms with van der Waals surface area (Å²) in [7, 11) is 0. The highest BCUT2D eigenvalue weighted by molar-refractivity contribution is 6.08. The third-order valence-corrected chi connectivity index (χ3v) is 6.55. The molecule has 2 aromatic carbocycles. The van der Waals surface area contributed by atoms with E-state index in [0.717, 1.165) is 23.9 Å². The van der Waals surface area contributed by atoms with Crippen molar-refractivity contribution in [2.24, 2.45) is 5.92 Å².